The summed E-state index contributed by atoms with van der Waals surface area (Å²) in [6, 6.07) is 12.2. The van der Waals surface area contributed by atoms with E-state index < -0.39 is 0 Å². The topological polar surface area (TPSA) is 44.8 Å². The van der Waals surface area contributed by atoms with Crippen LogP contribution in [0, 0.1) is 12.8 Å². The van der Waals surface area contributed by atoms with E-state index >= 15 is 0 Å². The van der Waals surface area contributed by atoms with E-state index in [0.717, 1.165) is 44.5 Å². The molecule has 1 aliphatic carbocycles. The highest BCUT2D eigenvalue weighted by atomic mass is 79.9. The largest absolute Gasteiger partial charge is 0.494 e. The Kier molecular flexibility index (Phi) is 9.59. The zero-order chi connectivity index (χ0) is 22.1. The Morgan fingerprint density at radius 3 is 2.61 bits per heavy atom. The van der Waals surface area contributed by atoms with Crippen molar-refractivity contribution in [2.75, 3.05) is 19.8 Å². The third kappa shape index (κ3) is 8.08. The van der Waals surface area contributed by atoms with Crippen molar-refractivity contribution in [3.05, 3.63) is 46.4 Å². The molecule has 31 heavy (non-hydrogen) atoms. The number of rotatable bonds is 10. The molecule has 0 amide bonds. The summed E-state index contributed by atoms with van der Waals surface area (Å²) in [7, 11) is 0. The first-order chi connectivity index (χ1) is 15.0. The summed E-state index contributed by atoms with van der Waals surface area (Å²) in [5.74, 6) is 2.06. The Morgan fingerprint density at radius 1 is 1.06 bits per heavy atom. The molecule has 6 heteroatoms. The maximum atomic E-state index is 11.5. The fourth-order valence-electron chi connectivity index (χ4n) is 3.82. The van der Waals surface area contributed by atoms with Crippen molar-refractivity contribution < 1.29 is 19.0 Å². The number of aryl methyl sites for hydroxylation is 1. The molecule has 3 rings (SSSR count). The smallest absolute Gasteiger partial charge is 0.344 e. The van der Waals surface area contributed by atoms with Gasteiger partial charge in [0.15, 0.2) is 6.61 Å². The normalized spacial score (nSPS) is 14.3. The Morgan fingerprint density at radius 2 is 1.87 bits per heavy atom. The van der Waals surface area contributed by atoms with Crippen LogP contribution >= 0.6 is 27.7 Å². The van der Waals surface area contributed by atoms with Crippen molar-refractivity contribution in [3.8, 4) is 11.5 Å². The minimum absolute atomic E-state index is 0.0750. The summed E-state index contributed by atoms with van der Waals surface area (Å²) >= 11 is 5.29. The van der Waals surface area contributed by atoms with Crippen molar-refractivity contribution in [2.45, 2.75) is 62.2 Å². The third-order valence-corrected chi connectivity index (χ3v) is 6.82. The summed E-state index contributed by atoms with van der Waals surface area (Å²) in [6.45, 7) is 4.82. The van der Waals surface area contributed by atoms with Gasteiger partial charge in [0, 0.05) is 14.3 Å². The number of hydrogen-bond acceptors (Lipinski definition) is 5. The maximum Gasteiger partial charge on any atom is 0.344 e. The number of benzene rings is 2. The lowest BCUT2D eigenvalue weighted by molar-refractivity contribution is -0.145. The van der Waals surface area contributed by atoms with Gasteiger partial charge in [0.2, 0.25) is 0 Å². The van der Waals surface area contributed by atoms with Gasteiger partial charge in [-0.2, -0.15) is 0 Å². The van der Waals surface area contributed by atoms with Gasteiger partial charge in [0.25, 0.3) is 0 Å². The highest BCUT2D eigenvalue weighted by Crippen LogP contribution is 2.35. The summed E-state index contributed by atoms with van der Waals surface area (Å²) in [6.07, 6.45) is 7.97. The van der Waals surface area contributed by atoms with E-state index in [4.69, 9.17) is 14.2 Å². The molecule has 0 radical (unpaired) electrons. The van der Waals surface area contributed by atoms with Gasteiger partial charge in [0.05, 0.1) is 13.2 Å². The quantitative estimate of drug-likeness (QED) is 0.318. The molecule has 0 heterocycles. The van der Waals surface area contributed by atoms with Crippen LogP contribution in [0.5, 0.6) is 11.5 Å². The minimum atomic E-state index is -0.356. The number of carbonyl (C=O) groups is 1. The molecule has 0 saturated heterocycles. The molecular weight excluding hydrogens is 476 g/mol. The maximum absolute atomic E-state index is 11.5. The summed E-state index contributed by atoms with van der Waals surface area (Å²) in [4.78, 5) is 13.7. The second kappa shape index (κ2) is 12.4. The van der Waals surface area contributed by atoms with Crippen LogP contribution in [0.15, 0.2) is 50.7 Å². The van der Waals surface area contributed by atoms with Crippen molar-refractivity contribution in [1.82, 2.24) is 0 Å². The van der Waals surface area contributed by atoms with Crippen LogP contribution in [0.1, 0.15) is 51.0 Å². The SMILES string of the molecule is CCOC(=O)COc1ccc(Sc2cc(Br)cc(OCCC3CCCCC3)c2)cc1C. The zero-order valence-electron chi connectivity index (χ0n) is 18.3. The van der Waals surface area contributed by atoms with Crippen LogP contribution in [0.3, 0.4) is 0 Å². The number of halogens is 1. The number of esters is 1. The Bertz CT molecular complexity index is 865. The fraction of sp³-hybridized carbons (Fsp3) is 0.480. The Labute approximate surface area is 198 Å². The minimum Gasteiger partial charge on any atom is -0.494 e. The first kappa shape index (κ1) is 24.0. The van der Waals surface area contributed by atoms with Gasteiger partial charge >= 0.3 is 5.97 Å². The van der Waals surface area contributed by atoms with Gasteiger partial charge in [-0.15, -0.1) is 0 Å². The summed E-state index contributed by atoms with van der Waals surface area (Å²) in [5.41, 5.74) is 0.980. The molecule has 1 fully saturated rings. The van der Waals surface area contributed by atoms with Crippen LogP contribution in [-0.2, 0) is 9.53 Å². The van der Waals surface area contributed by atoms with Crippen molar-refractivity contribution >= 4 is 33.7 Å². The molecule has 4 nitrogen and oxygen atoms in total. The van der Waals surface area contributed by atoms with Gasteiger partial charge in [-0.05, 0) is 68.1 Å². The van der Waals surface area contributed by atoms with E-state index in [0.29, 0.717) is 12.4 Å². The number of hydrogen-bond donors (Lipinski definition) is 0. The van der Waals surface area contributed by atoms with Gasteiger partial charge in [-0.3, -0.25) is 0 Å². The van der Waals surface area contributed by atoms with Gasteiger partial charge in [0.1, 0.15) is 11.5 Å². The molecule has 2 aromatic rings. The predicted octanol–water partition coefficient (Wildman–Crippen LogP) is 7.20. The fourth-order valence-corrected chi connectivity index (χ4v) is 5.45. The number of ether oxygens (including phenoxy) is 3. The number of carbonyl (C=O) groups excluding carboxylic acids is 1. The molecule has 2 aromatic carbocycles. The summed E-state index contributed by atoms with van der Waals surface area (Å²) < 4.78 is 17.6. The molecule has 0 N–H and O–H groups in total. The molecule has 0 bridgehead atoms. The second-order valence-corrected chi connectivity index (χ2v) is 9.95. The molecule has 0 unspecified atom stereocenters. The Hall–Kier alpha value is -1.66. The first-order valence-corrected chi connectivity index (χ1v) is 12.6. The van der Waals surface area contributed by atoms with Crippen LogP contribution in [-0.4, -0.2) is 25.8 Å². The lowest BCUT2D eigenvalue weighted by Crippen LogP contribution is -2.14. The molecular formula is C25H31BrO4S. The standard InChI is InChI=1S/C25H31BrO4S/c1-3-28-25(27)17-30-24-10-9-22(13-18(24)2)31-23-15-20(26)14-21(16-23)29-12-11-19-7-5-4-6-8-19/h9-10,13-16,19H,3-8,11-12,17H2,1-2H3. The van der Waals surface area contributed by atoms with Crippen LogP contribution in [0.4, 0.5) is 0 Å². The second-order valence-electron chi connectivity index (χ2n) is 7.89. The first-order valence-electron chi connectivity index (χ1n) is 11.0. The molecule has 168 valence electrons. The molecule has 0 aromatic heterocycles. The predicted molar refractivity (Wildman–Crippen MR) is 128 cm³/mol. The van der Waals surface area contributed by atoms with Crippen LogP contribution in [0.25, 0.3) is 0 Å². The molecule has 1 saturated carbocycles. The third-order valence-electron chi connectivity index (χ3n) is 5.40. The van der Waals surface area contributed by atoms with Gasteiger partial charge in [-0.25, -0.2) is 4.79 Å². The summed E-state index contributed by atoms with van der Waals surface area (Å²) in [5, 5.41) is 0. The monoisotopic (exact) mass is 506 g/mol. The van der Waals surface area contributed by atoms with E-state index in [1.807, 2.05) is 25.1 Å². The lowest BCUT2D eigenvalue weighted by Gasteiger charge is -2.21. The molecule has 0 atom stereocenters. The van der Waals surface area contributed by atoms with Gasteiger partial charge in [-0.1, -0.05) is 59.8 Å². The van der Waals surface area contributed by atoms with Crippen LogP contribution < -0.4 is 9.47 Å². The highest BCUT2D eigenvalue weighted by molar-refractivity contribution is 9.10. The van der Waals surface area contributed by atoms with Crippen LogP contribution in [0.2, 0.25) is 0 Å². The average molecular weight is 507 g/mol. The molecule has 0 aliphatic heterocycles. The lowest BCUT2D eigenvalue weighted by atomic mass is 9.87. The van der Waals surface area contributed by atoms with Gasteiger partial charge < -0.3 is 14.2 Å². The van der Waals surface area contributed by atoms with E-state index in [1.165, 1.54) is 32.1 Å². The average Bonchev–Trinajstić information content (AvgIpc) is 2.74. The van der Waals surface area contributed by atoms with E-state index in [1.54, 1.807) is 18.7 Å². The van der Waals surface area contributed by atoms with E-state index in [-0.39, 0.29) is 12.6 Å². The molecule has 0 spiro atoms. The van der Waals surface area contributed by atoms with Crippen molar-refractivity contribution in [1.29, 1.82) is 0 Å². The Balaban J connectivity index is 1.56. The van der Waals surface area contributed by atoms with Crippen molar-refractivity contribution in [3.63, 3.8) is 0 Å². The highest BCUT2D eigenvalue weighted by Gasteiger charge is 2.13. The molecule has 1 aliphatic rings. The van der Waals surface area contributed by atoms with E-state index in [2.05, 4.69) is 34.1 Å². The van der Waals surface area contributed by atoms with E-state index in [9.17, 15) is 4.79 Å². The van der Waals surface area contributed by atoms with Crippen molar-refractivity contribution in [2.24, 2.45) is 5.92 Å². The zero-order valence-corrected chi connectivity index (χ0v) is 20.7.